The van der Waals surface area contributed by atoms with Crippen LogP contribution in [0.15, 0.2) is 30.5 Å². The lowest BCUT2D eigenvalue weighted by atomic mass is 10.0. The number of aromatic nitrogens is 1. The summed E-state index contributed by atoms with van der Waals surface area (Å²) in [4.78, 5) is 56.3. The number of pyridine rings is 1. The lowest BCUT2D eigenvalue weighted by Gasteiger charge is -2.35. The minimum Gasteiger partial charge on any atom is -0.457 e. The van der Waals surface area contributed by atoms with Crippen LogP contribution in [-0.4, -0.2) is 58.4 Å². The van der Waals surface area contributed by atoms with Crippen LogP contribution in [0.1, 0.15) is 70.7 Å². The number of hydrogen-bond acceptors (Lipinski definition) is 7. The fourth-order valence-corrected chi connectivity index (χ4v) is 4.84. The predicted octanol–water partition coefficient (Wildman–Crippen LogP) is 2.32. The Hall–Kier alpha value is -3.53. The van der Waals surface area contributed by atoms with Crippen LogP contribution < -0.4 is 16.1 Å². The number of nitrogens with zero attached hydrogens (tertiary/aromatic N) is 2. The summed E-state index contributed by atoms with van der Waals surface area (Å²) >= 11 is 0. The molecule has 5 bridgehead atoms. The number of ether oxygens (including phenoxy) is 1. The molecule has 38 heavy (non-hydrogen) atoms. The average Bonchev–Trinajstić information content (AvgIpc) is 2.90. The van der Waals surface area contributed by atoms with Gasteiger partial charge in [0.05, 0.1) is 0 Å². The zero-order valence-corrected chi connectivity index (χ0v) is 22.5. The first-order chi connectivity index (χ1) is 18.1. The van der Waals surface area contributed by atoms with Gasteiger partial charge in [0.15, 0.2) is 0 Å². The smallest absolute Gasteiger partial charge is 0.325 e. The molecule has 10 heteroatoms. The zero-order valence-electron chi connectivity index (χ0n) is 22.5. The Morgan fingerprint density at radius 2 is 1.79 bits per heavy atom. The molecule has 4 rings (SSSR count). The van der Waals surface area contributed by atoms with E-state index < -0.39 is 36.1 Å². The number of benzene rings is 1. The van der Waals surface area contributed by atoms with Crippen molar-refractivity contribution < 1.29 is 23.9 Å². The molecule has 1 saturated heterocycles. The van der Waals surface area contributed by atoms with Gasteiger partial charge in [0.25, 0.3) is 5.91 Å². The van der Waals surface area contributed by atoms with Gasteiger partial charge in [0.1, 0.15) is 24.2 Å². The van der Waals surface area contributed by atoms with Crippen molar-refractivity contribution in [2.45, 2.75) is 84.0 Å². The zero-order chi connectivity index (χ0) is 27.4. The van der Waals surface area contributed by atoms with Gasteiger partial charge in [-0.25, -0.2) is 5.43 Å². The van der Waals surface area contributed by atoms with Crippen LogP contribution in [0.2, 0.25) is 0 Å². The van der Waals surface area contributed by atoms with E-state index in [4.69, 9.17) is 4.74 Å². The Labute approximate surface area is 222 Å². The molecule has 0 aliphatic carbocycles. The van der Waals surface area contributed by atoms with E-state index >= 15 is 0 Å². The third-order valence-electron chi connectivity index (χ3n) is 7.13. The molecule has 0 saturated carbocycles. The summed E-state index contributed by atoms with van der Waals surface area (Å²) in [6, 6.07) is 5.55. The van der Waals surface area contributed by atoms with Gasteiger partial charge in [-0.3, -0.25) is 29.2 Å². The van der Waals surface area contributed by atoms with Crippen molar-refractivity contribution in [3.05, 3.63) is 41.7 Å². The standard InChI is InChI=1S/C28H37N5O5/c1-16(2)25-26(35)30-17(3)27(36)33-12-6-8-23(32-33)28(37)38-18(4)19-10-11-20-15-29-22(14-21(20)13-19)7-5-9-24(34)31-25/h10-11,13-18,23,25,32H,5-9,12H2,1-4H3,(H,30,35)(H,31,34)/t17-,18+,23-,25-/m0/s1. The van der Waals surface area contributed by atoms with Crippen molar-refractivity contribution in [1.82, 2.24) is 26.1 Å². The van der Waals surface area contributed by atoms with Crippen LogP contribution >= 0.6 is 0 Å². The maximum atomic E-state index is 13.1. The van der Waals surface area contributed by atoms with E-state index in [9.17, 15) is 19.2 Å². The Morgan fingerprint density at radius 3 is 2.55 bits per heavy atom. The summed E-state index contributed by atoms with van der Waals surface area (Å²) in [7, 11) is 0. The van der Waals surface area contributed by atoms with Crippen LogP contribution in [-0.2, 0) is 30.3 Å². The van der Waals surface area contributed by atoms with E-state index in [-0.39, 0.29) is 24.2 Å². The van der Waals surface area contributed by atoms with Gasteiger partial charge in [0.2, 0.25) is 11.8 Å². The van der Waals surface area contributed by atoms with Gasteiger partial charge in [-0.15, -0.1) is 0 Å². The number of carbonyl (C=O) groups is 4. The van der Waals surface area contributed by atoms with E-state index in [1.807, 2.05) is 45.0 Å². The molecule has 204 valence electrons. The lowest BCUT2D eigenvalue weighted by molar-refractivity contribution is -0.157. The molecule has 3 heterocycles. The van der Waals surface area contributed by atoms with Crippen molar-refractivity contribution in [2.24, 2.45) is 5.92 Å². The molecule has 0 radical (unpaired) electrons. The first-order valence-electron chi connectivity index (χ1n) is 13.4. The van der Waals surface area contributed by atoms with Gasteiger partial charge in [0, 0.05) is 30.2 Å². The van der Waals surface area contributed by atoms with Crippen LogP contribution in [0.25, 0.3) is 10.8 Å². The summed E-state index contributed by atoms with van der Waals surface area (Å²) in [6.45, 7) is 7.51. The molecule has 2 aromatic rings. The number of hydrogen-bond donors (Lipinski definition) is 3. The van der Waals surface area contributed by atoms with E-state index in [0.717, 1.165) is 22.0 Å². The van der Waals surface area contributed by atoms with Crippen LogP contribution in [0.4, 0.5) is 0 Å². The summed E-state index contributed by atoms with van der Waals surface area (Å²) in [5.41, 5.74) is 4.69. The highest BCUT2D eigenvalue weighted by molar-refractivity contribution is 5.92. The predicted molar refractivity (Wildman–Crippen MR) is 141 cm³/mol. The minimum atomic E-state index is -0.847. The van der Waals surface area contributed by atoms with Crippen molar-refractivity contribution in [2.75, 3.05) is 6.54 Å². The number of cyclic esters (lactones) is 1. The minimum absolute atomic E-state index is 0.173. The number of aryl methyl sites for hydroxylation is 1. The van der Waals surface area contributed by atoms with Crippen molar-refractivity contribution in [3.63, 3.8) is 0 Å². The van der Waals surface area contributed by atoms with E-state index in [1.165, 1.54) is 5.01 Å². The first kappa shape index (κ1) is 27.5. The summed E-state index contributed by atoms with van der Waals surface area (Å²) in [6.07, 6.45) is 3.89. The molecule has 1 aromatic heterocycles. The molecule has 3 N–H and O–H groups in total. The number of amides is 3. The van der Waals surface area contributed by atoms with Gasteiger partial charge in [-0.05, 0) is 68.5 Å². The molecule has 3 amide bonds. The van der Waals surface area contributed by atoms with Crippen molar-refractivity contribution in [1.29, 1.82) is 0 Å². The van der Waals surface area contributed by atoms with Gasteiger partial charge >= 0.3 is 5.97 Å². The van der Waals surface area contributed by atoms with Crippen LogP contribution in [0, 0.1) is 5.92 Å². The number of rotatable bonds is 1. The fraction of sp³-hybridized carbons (Fsp3) is 0.536. The molecular weight excluding hydrogens is 486 g/mol. The Bertz CT molecular complexity index is 1220. The monoisotopic (exact) mass is 523 g/mol. The van der Waals surface area contributed by atoms with Gasteiger partial charge < -0.3 is 15.4 Å². The van der Waals surface area contributed by atoms with Gasteiger partial charge in [-0.1, -0.05) is 26.0 Å². The fourth-order valence-electron chi connectivity index (χ4n) is 4.84. The van der Waals surface area contributed by atoms with Crippen LogP contribution in [0.3, 0.4) is 0 Å². The highest BCUT2D eigenvalue weighted by atomic mass is 16.5. The molecule has 4 atom stereocenters. The second-order valence-corrected chi connectivity index (χ2v) is 10.5. The first-order valence-corrected chi connectivity index (χ1v) is 13.4. The molecule has 1 fully saturated rings. The number of esters is 1. The lowest BCUT2D eigenvalue weighted by Crippen LogP contribution is -2.61. The number of fused-ring (bicyclic) bond motifs is 4. The quantitative estimate of drug-likeness (QED) is 0.489. The Balaban J connectivity index is 1.60. The van der Waals surface area contributed by atoms with Crippen molar-refractivity contribution in [3.8, 4) is 0 Å². The van der Waals surface area contributed by atoms with E-state index in [2.05, 4.69) is 21.0 Å². The molecule has 0 unspecified atom stereocenters. The summed E-state index contributed by atoms with van der Waals surface area (Å²) in [5, 5.41) is 8.88. The molecule has 2 aliphatic heterocycles. The normalized spacial score (nSPS) is 26.2. The molecule has 2 aliphatic rings. The highest BCUT2D eigenvalue weighted by Gasteiger charge is 2.33. The average molecular weight is 524 g/mol. The second-order valence-electron chi connectivity index (χ2n) is 10.5. The highest BCUT2D eigenvalue weighted by Crippen LogP contribution is 2.24. The third kappa shape index (κ3) is 6.48. The Kier molecular flexibility index (Phi) is 8.61. The van der Waals surface area contributed by atoms with Gasteiger partial charge in [-0.2, -0.15) is 0 Å². The summed E-state index contributed by atoms with van der Waals surface area (Å²) in [5.74, 6) is -1.62. The van der Waals surface area contributed by atoms with E-state index in [1.54, 1.807) is 13.1 Å². The maximum Gasteiger partial charge on any atom is 0.325 e. The maximum absolute atomic E-state index is 13.1. The number of nitrogens with one attached hydrogen (secondary N) is 3. The van der Waals surface area contributed by atoms with E-state index in [0.29, 0.717) is 32.2 Å². The molecule has 0 spiro atoms. The second kappa shape index (κ2) is 11.9. The molecule has 1 aromatic carbocycles. The largest absolute Gasteiger partial charge is 0.457 e. The number of hydrazine groups is 1. The van der Waals surface area contributed by atoms with Crippen molar-refractivity contribution >= 4 is 34.5 Å². The third-order valence-corrected chi connectivity index (χ3v) is 7.13. The molecular formula is C28H37N5O5. The molecule has 10 nitrogen and oxygen atoms in total. The Morgan fingerprint density at radius 1 is 1.00 bits per heavy atom. The SMILES string of the molecule is CC(C)[C@@H]1NC(=O)CCCc2cc3cc(ccc3cn2)[C@@H](C)OC(=O)[C@@H]2CCCN(N2)C(=O)[C@H](C)NC1=O. The number of carbonyl (C=O) groups excluding carboxylic acids is 4. The van der Waals surface area contributed by atoms with Crippen LogP contribution in [0.5, 0.6) is 0 Å². The summed E-state index contributed by atoms with van der Waals surface area (Å²) < 4.78 is 5.78. The topological polar surface area (TPSA) is 130 Å².